The second-order valence-electron chi connectivity index (χ2n) is 7.48. The first-order valence-corrected chi connectivity index (χ1v) is 12.1. The summed E-state index contributed by atoms with van der Waals surface area (Å²) < 4.78 is 27.7. The molecule has 0 saturated carbocycles. The van der Waals surface area contributed by atoms with Crippen LogP contribution in [0.25, 0.3) is 0 Å². The summed E-state index contributed by atoms with van der Waals surface area (Å²) >= 11 is 3.30. The zero-order chi connectivity index (χ0) is 21.9. The van der Waals surface area contributed by atoms with Gasteiger partial charge < -0.3 is 4.90 Å². The minimum atomic E-state index is -3.59. The number of hydrogen-bond donors (Lipinski definition) is 0. The molecule has 0 unspecified atom stereocenters. The molecule has 3 rings (SSSR count). The summed E-state index contributed by atoms with van der Waals surface area (Å²) in [7, 11) is -3.59. The maximum Gasteiger partial charge on any atom is 0.243 e. The zero-order valence-corrected chi connectivity index (χ0v) is 19.5. The minimum Gasteiger partial charge on any atom is -0.340 e. The number of sulfonamides is 1. The number of piperazine rings is 1. The highest BCUT2D eigenvalue weighted by molar-refractivity contribution is 9.10. The van der Waals surface area contributed by atoms with Crippen molar-refractivity contribution in [1.29, 1.82) is 0 Å². The first-order valence-electron chi connectivity index (χ1n) is 9.82. The lowest BCUT2D eigenvalue weighted by Crippen LogP contribution is -2.50. The Balaban J connectivity index is 1.55. The molecule has 1 heterocycles. The molecule has 0 aliphatic carbocycles. The lowest BCUT2D eigenvalue weighted by molar-refractivity contribution is -0.132. The fraction of sp³-hybridized carbons (Fsp3) is 0.364. The molecule has 1 amide bonds. The molecule has 1 aliphatic rings. The molecule has 0 N–H and O–H groups in total. The Morgan fingerprint density at radius 2 is 1.67 bits per heavy atom. The molecule has 6 nitrogen and oxygen atoms in total. The van der Waals surface area contributed by atoms with Crippen LogP contribution < -0.4 is 0 Å². The average molecular weight is 493 g/mol. The maximum absolute atomic E-state index is 12.8. The Labute approximate surface area is 186 Å². The number of halogens is 1. The van der Waals surface area contributed by atoms with E-state index < -0.39 is 10.0 Å². The maximum atomic E-state index is 12.8. The lowest BCUT2D eigenvalue weighted by Gasteiger charge is -2.34. The van der Waals surface area contributed by atoms with Crippen molar-refractivity contribution in [2.75, 3.05) is 26.2 Å². The Hall–Kier alpha value is -2.03. The van der Waals surface area contributed by atoms with Crippen molar-refractivity contribution in [3.63, 3.8) is 0 Å². The Morgan fingerprint density at radius 1 is 0.967 bits per heavy atom. The number of carbonyl (C=O) groups is 2. The van der Waals surface area contributed by atoms with Crippen LogP contribution in [0.1, 0.15) is 34.3 Å². The smallest absolute Gasteiger partial charge is 0.243 e. The van der Waals surface area contributed by atoms with E-state index in [2.05, 4.69) is 15.9 Å². The number of amides is 1. The van der Waals surface area contributed by atoms with Gasteiger partial charge in [0.05, 0.1) is 4.90 Å². The van der Waals surface area contributed by atoms with Crippen LogP contribution in [0.5, 0.6) is 0 Å². The van der Waals surface area contributed by atoms with Gasteiger partial charge in [-0.15, -0.1) is 0 Å². The third-order valence-corrected chi connectivity index (χ3v) is 7.67. The van der Waals surface area contributed by atoms with Gasteiger partial charge in [-0.1, -0.05) is 39.7 Å². The van der Waals surface area contributed by atoms with Crippen LogP contribution in [0.4, 0.5) is 0 Å². The standard InChI is InChI=1S/C22H25BrN2O4S/c1-16-6-7-17(2)20(14-16)21(26)8-9-22(27)24-10-12-25(13-11-24)30(28,29)19-5-3-4-18(23)15-19/h3-7,14-15H,8-13H2,1-2H3. The number of aryl methyl sites for hydroxylation is 2. The van der Waals surface area contributed by atoms with Crippen molar-refractivity contribution < 1.29 is 18.0 Å². The second-order valence-corrected chi connectivity index (χ2v) is 10.3. The van der Waals surface area contributed by atoms with Crippen LogP contribution in [0, 0.1) is 13.8 Å². The number of hydrogen-bond acceptors (Lipinski definition) is 4. The summed E-state index contributed by atoms with van der Waals surface area (Å²) in [6.45, 7) is 4.95. The SMILES string of the molecule is Cc1ccc(C)c(C(=O)CCC(=O)N2CCN(S(=O)(=O)c3cccc(Br)c3)CC2)c1. The van der Waals surface area contributed by atoms with E-state index in [4.69, 9.17) is 0 Å². The molecule has 2 aromatic carbocycles. The normalized spacial score (nSPS) is 15.2. The number of ketones is 1. The molecule has 1 aliphatic heterocycles. The second kappa shape index (κ2) is 9.41. The average Bonchev–Trinajstić information content (AvgIpc) is 2.73. The number of nitrogens with zero attached hydrogens (tertiary/aromatic N) is 2. The van der Waals surface area contributed by atoms with Gasteiger partial charge in [-0.05, 0) is 43.7 Å². The van der Waals surface area contributed by atoms with Crippen LogP contribution in [-0.4, -0.2) is 55.5 Å². The summed E-state index contributed by atoms with van der Waals surface area (Å²) in [5, 5.41) is 0. The van der Waals surface area contributed by atoms with Crippen LogP contribution >= 0.6 is 15.9 Å². The lowest BCUT2D eigenvalue weighted by atomic mass is 9.99. The molecule has 0 spiro atoms. The molecule has 0 atom stereocenters. The summed E-state index contributed by atoms with van der Waals surface area (Å²) in [5.41, 5.74) is 2.58. The van der Waals surface area contributed by atoms with Crippen molar-refractivity contribution in [3.05, 3.63) is 63.6 Å². The molecule has 0 radical (unpaired) electrons. The number of Topliss-reactive ketones (excluding diaryl/α,β-unsaturated/α-hetero) is 1. The minimum absolute atomic E-state index is 0.0413. The highest BCUT2D eigenvalue weighted by Gasteiger charge is 2.30. The van der Waals surface area contributed by atoms with Crippen molar-refractivity contribution in [2.45, 2.75) is 31.6 Å². The fourth-order valence-corrected chi connectivity index (χ4v) is 5.52. The van der Waals surface area contributed by atoms with E-state index >= 15 is 0 Å². The van der Waals surface area contributed by atoms with Crippen molar-refractivity contribution in [1.82, 2.24) is 9.21 Å². The third kappa shape index (κ3) is 5.17. The highest BCUT2D eigenvalue weighted by atomic mass is 79.9. The molecule has 0 aromatic heterocycles. The quantitative estimate of drug-likeness (QED) is 0.577. The predicted molar refractivity (Wildman–Crippen MR) is 119 cm³/mol. The molecule has 30 heavy (non-hydrogen) atoms. The van der Waals surface area contributed by atoms with Gasteiger partial charge in [-0.25, -0.2) is 8.42 Å². The van der Waals surface area contributed by atoms with Crippen molar-refractivity contribution >= 4 is 37.6 Å². The Kier molecular flexibility index (Phi) is 7.10. The molecular weight excluding hydrogens is 468 g/mol. The van der Waals surface area contributed by atoms with Gasteiger partial charge in [-0.3, -0.25) is 9.59 Å². The topological polar surface area (TPSA) is 74.8 Å². The van der Waals surface area contributed by atoms with E-state index in [1.54, 1.807) is 29.2 Å². The van der Waals surface area contributed by atoms with E-state index in [-0.39, 0.29) is 42.5 Å². The largest absolute Gasteiger partial charge is 0.340 e. The number of carbonyl (C=O) groups excluding carboxylic acids is 2. The third-order valence-electron chi connectivity index (χ3n) is 5.28. The van der Waals surface area contributed by atoms with E-state index in [0.29, 0.717) is 23.1 Å². The molecule has 160 valence electrons. The molecule has 1 fully saturated rings. The molecular formula is C22H25BrN2O4S. The van der Waals surface area contributed by atoms with Crippen LogP contribution in [0.15, 0.2) is 51.8 Å². The van der Waals surface area contributed by atoms with Gasteiger partial charge in [-0.2, -0.15) is 4.31 Å². The van der Waals surface area contributed by atoms with E-state index in [9.17, 15) is 18.0 Å². The van der Waals surface area contributed by atoms with Gasteiger partial charge in [0.2, 0.25) is 15.9 Å². The van der Waals surface area contributed by atoms with Crippen LogP contribution in [-0.2, 0) is 14.8 Å². The first kappa shape index (κ1) is 22.7. The zero-order valence-electron chi connectivity index (χ0n) is 17.1. The Bertz CT molecular complexity index is 1060. The van der Waals surface area contributed by atoms with Gasteiger partial charge >= 0.3 is 0 Å². The number of benzene rings is 2. The summed E-state index contributed by atoms with van der Waals surface area (Å²) in [6.07, 6.45) is 0.282. The van der Waals surface area contributed by atoms with E-state index in [1.165, 1.54) is 4.31 Å². The summed E-state index contributed by atoms with van der Waals surface area (Å²) in [6, 6.07) is 12.3. The molecule has 0 bridgehead atoms. The number of rotatable bonds is 6. The summed E-state index contributed by atoms with van der Waals surface area (Å²) in [4.78, 5) is 26.9. The van der Waals surface area contributed by atoms with E-state index in [0.717, 1.165) is 11.1 Å². The monoisotopic (exact) mass is 492 g/mol. The fourth-order valence-electron chi connectivity index (χ4n) is 3.50. The van der Waals surface area contributed by atoms with Gasteiger partial charge in [0, 0.05) is 49.1 Å². The van der Waals surface area contributed by atoms with Crippen molar-refractivity contribution in [2.24, 2.45) is 0 Å². The van der Waals surface area contributed by atoms with Crippen molar-refractivity contribution in [3.8, 4) is 0 Å². The first-order chi connectivity index (χ1) is 14.2. The molecule has 2 aromatic rings. The predicted octanol–water partition coefficient (Wildman–Crippen LogP) is 3.56. The highest BCUT2D eigenvalue weighted by Crippen LogP contribution is 2.21. The van der Waals surface area contributed by atoms with Gasteiger partial charge in [0.1, 0.15) is 0 Å². The van der Waals surface area contributed by atoms with Crippen LogP contribution in [0.3, 0.4) is 0 Å². The molecule has 1 saturated heterocycles. The molecule has 8 heteroatoms. The summed E-state index contributed by atoms with van der Waals surface area (Å²) in [5.74, 6) is -0.159. The van der Waals surface area contributed by atoms with Crippen LogP contribution in [0.2, 0.25) is 0 Å². The van der Waals surface area contributed by atoms with E-state index in [1.807, 2.05) is 32.0 Å². The van der Waals surface area contributed by atoms with Gasteiger partial charge in [0.15, 0.2) is 5.78 Å². The van der Waals surface area contributed by atoms with Gasteiger partial charge in [0.25, 0.3) is 0 Å². The Morgan fingerprint density at radius 3 is 2.33 bits per heavy atom.